The van der Waals surface area contributed by atoms with Crippen molar-refractivity contribution in [3.63, 3.8) is 0 Å². The molecule has 0 aliphatic carbocycles. The zero-order chi connectivity index (χ0) is 15.0. The maximum Gasteiger partial charge on any atom is 0.387 e. The fourth-order valence-corrected chi connectivity index (χ4v) is 1.62. The first-order chi connectivity index (χ1) is 9.52. The molecule has 20 heavy (non-hydrogen) atoms. The molecule has 0 radical (unpaired) electrons. The minimum Gasteiger partial charge on any atom is -0.469 e. The predicted octanol–water partition coefficient (Wildman–Crippen LogP) is 3.20. The second kappa shape index (κ2) is 8.24. The highest BCUT2D eigenvalue weighted by molar-refractivity contribution is 5.96. The lowest BCUT2D eigenvalue weighted by Crippen LogP contribution is -2.04. The molecule has 4 nitrogen and oxygen atoms in total. The first-order valence-electron chi connectivity index (χ1n) is 6.18. The number of Topliss-reactive ketones (excluding diaryl/α,β-unsaturated/α-hetero) is 1. The van der Waals surface area contributed by atoms with Crippen LogP contribution in [0.4, 0.5) is 8.78 Å². The van der Waals surface area contributed by atoms with Crippen molar-refractivity contribution in [2.75, 3.05) is 7.11 Å². The van der Waals surface area contributed by atoms with Crippen molar-refractivity contribution in [2.45, 2.75) is 32.3 Å². The van der Waals surface area contributed by atoms with E-state index in [-0.39, 0.29) is 23.9 Å². The average molecular weight is 286 g/mol. The molecule has 110 valence electrons. The van der Waals surface area contributed by atoms with Gasteiger partial charge in [0.25, 0.3) is 0 Å². The van der Waals surface area contributed by atoms with Crippen LogP contribution in [0.3, 0.4) is 0 Å². The molecule has 1 rings (SSSR count). The summed E-state index contributed by atoms with van der Waals surface area (Å²) in [5.41, 5.74) is 0.435. The van der Waals surface area contributed by atoms with Crippen molar-refractivity contribution < 1.29 is 27.8 Å². The predicted molar refractivity (Wildman–Crippen MR) is 67.9 cm³/mol. The third-order valence-corrected chi connectivity index (χ3v) is 2.66. The molecule has 0 spiro atoms. The quantitative estimate of drug-likeness (QED) is 0.418. The molecule has 0 N–H and O–H groups in total. The largest absolute Gasteiger partial charge is 0.469 e. The summed E-state index contributed by atoms with van der Waals surface area (Å²) >= 11 is 0. The summed E-state index contributed by atoms with van der Waals surface area (Å²) in [6.45, 7) is -2.88. The van der Waals surface area contributed by atoms with Gasteiger partial charge < -0.3 is 9.47 Å². The highest BCUT2D eigenvalue weighted by Gasteiger charge is 2.08. The molecule has 0 aliphatic rings. The van der Waals surface area contributed by atoms with E-state index in [1.807, 2.05) is 0 Å². The fraction of sp³-hybridized carbons (Fsp3) is 0.429. The van der Waals surface area contributed by atoms with Crippen molar-refractivity contribution in [2.24, 2.45) is 0 Å². The summed E-state index contributed by atoms with van der Waals surface area (Å²) in [6, 6.07) is 5.54. The van der Waals surface area contributed by atoms with Crippen LogP contribution in [0.2, 0.25) is 0 Å². The molecule has 1 aromatic carbocycles. The maximum atomic E-state index is 12.0. The van der Waals surface area contributed by atoms with Crippen LogP contribution in [-0.4, -0.2) is 25.5 Å². The Kier molecular flexibility index (Phi) is 6.63. The Morgan fingerprint density at radius 1 is 1.10 bits per heavy atom. The van der Waals surface area contributed by atoms with E-state index in [9.17, 15) is 18.4 Å². The number of benzene rings is 1. The van der Waals surface area contributed by atoms with Gasteiger partial charge >= 0.3 is 12.6 Å². The smallest absolute Gasteiger partial charge is 0.387 e. The second-order valence-corrected chi connectivity index (χ2v) is 4.11. The monoisotopic (exact) mass is 286 g/mol. The Labute approximate surface area is 115 Å². The topological polar surface area (TPSA) is 52.6 Å². The molecule has 0 fully saturated rings. The number of alkyl halides is 2. The van der Waals surface area contributed by atoms with Gasteiger partial charge in [-0.15, -0.1) is 0 Å². The zero-order valence-corrected chi connectivity index (χ0v) is 11.1. The van der Waals surface area contributed by atoms with E-state index in [1.165, 1.54) is 31.4 Å². The number of esters is 1. The molecule has 6 heteroatoms. The second-order valence-electron chi connectivity index (χ2n) is 4.11. The Hall–Kier alpha value is -1.98. The van der Waals surface area contributed by atoms with Crippen LogP contribution in [0, 0.1) is 0 Å². The standard InChI is InChI=1S/C14H16F2O4/c1-19-13(18)5-3-2-4-12(17)10-6-8-11(9-7-10)20-14(15)16/h6-9,14H,2-5H2,1H3. The SMILES string of the molecule is COC(=O)CCCCC(=O)c1ccc(OC(F)F)cc1. The van der Waals surface area contributed by atoms with Gasteiger partial charge in [0.15, 0.2) is 5.78 Å². The number of carbonyl (C=O) groups excluding carboxylic acids is 2. The number of carbonyl (C=O) groups is 2. The van der Waals surface area contributed by atoms with Gasteiger partial charge in [0.05, 0.1) is 7.11 Å². The fourth-order valence-electron chi connectivity index (χ4n) is 1.62. The van der Waals surface area contributed by atoms with Gasteiger partial charge in [-0.1, -0.05) is 0 Å². The molecule has 1 aromatic rings. The van der Waals surface area contributed by atoms with E-state index in [0.29, 0.717) is 24.8 Å². The number of methoxy groups -OCH3 is 1. The molecular formula is C14H16F2O4. The summed E-state index contributed by atoms with van der Waals surface area (Å²) in [5.74, 6) is -0.383. The Morgan fingerprint density at radius 3 is 2.25 bits per heavy atom. The lowest BCUT2D eigenvalue weighted by Gasteiger charge is -2.05. The molecule has 0 saturated carbocycles. The number of hydrogen-bond donors (Lipinski definition) is 0. The summed E-state index contributed by atoms with van der Waals surface area (Å²) in [5, 5.41) is 0. The van der Waals surface area contributed by atoms with Crippen LogP contribution in [0.25, 0.3) is 0 Å². The van der Waals surface area contributed by atoms with Gasteiger partial charge in [-0.3, -0.25) is 9.59 Å². The minimum atomic E-state index is -2.88. The van der Waals surface area contributed by atoms with Crippen LogP contribution in [0.5, 0.6) is 5.75 Å². The lowest BCUT2D eigenvalue weighted by molar-refractivity contribution is -0.140. The van der Waals surface area contributed by atoms with Gasteiger partial charge in [0.2, 0.25) is 0 Å². The van der Waals surface area contributed by atoms with Crippen molar-refractivity contribution in [3.05, 3.63) is 29.8 Å². The van der Waals surface area contributed by atoms with Crippen LogP contribution < -0.4 is 4.74 Å². The number of ether oxygens (including phenoxy) is 2. The summed E-state index contributed by atoms with van der Waals surface area (Å²) in [6.07, 6.45) is 1.73. The van der Waals surface area contributed by atoms with Gasteiger partial charge in [0, 0.05) is 18.4 Å². The molecule has 0 aromatic heterocycles. The molecule has 0 bridgehead atoms. The van der Waals surface area contributed by atoms with E-state index < -0.39 is 6.61 Å². The normalized spacial score (nSPS) is 10.4. The third-order valence-electron chi connectivity index (χ3n) is 2.66. The highest BCUT2D eigenvalue weighted by Crippen LogP contribution is 2.16. The molecular weight excluding hydrogens is 270 g/mol. The lowest BCUT2D eigenvalue weighted by atomic mass is 10.0. The number of rotatable bonds is 8. The third kappa shape index (κ3) is 5.77. The van der Waals surface area contributed by atoms with E-state index in [2.05, 4.69) is 9.47 Å². The van der Waals surface area contributed by atoms with E-state index in [0.717, 1.165) is 0 Å². The Bertz CT molecular complexity index is 443. The summed E-state index contributed by atoms with van der Waals surface area (Å²) in [4.78, 5) is 22.7. The first kappa shape index (κ1) is 16.1. The Morgan fingerprint density at radius 2 is 1.70 bits per heavy atom. The average Bonchev–Trinajstić information content (AvgIpc) is 2.43. The molecule has 0 unspecified atom stereocenters. The molecule has 0 aliphatic heterocycles. The van der Waals surface area contributed by atoms with E-state index in [1.54, 1.807) is 0 Å². The number of unbranched alkanes of at least 4 members (excludes halogenated alkanes) is 1. The number of halogens is 2. The van der Waals surface area contributed by atoms with Crippen LogP contribution in [0.1, 0.15) is 36.0 Å². The molecule has 0 heterocycles. The molecule has 0 atom stereocenters. The van der Waals surface area contributed by atoms with Gasteiger partial charge in [0.1, 0.15) is 5.75 Å². The van der Waals surface area contributed by atoms with Crippen LogP contribution in [0.15, 0.2) is 24.3 Å². The van der Waals surface area contributed by atoms with Crippen LogP contribution >= 0.6 is 0 Å². The van der Waals surface area contributed by atoms with Crippen molar-refractivity contribution in [1.82, 2.24) is 0 Å². The Balaban J connectivity index is 2.38. The molecule has 0 saturated heterocycles. The minimum absolute atomic E-state index is 0.0160. The van der Waals surface area contributed by atoms with E-state index in [4.69, 9.17) is 0 Å². The van der Waals surface area contributed by atoms with Crippen molar-refractivity contribution in [1.29, 1.82) is 0 Å². The van der Waals surface area contributed by atoms with Gasteiger partial charge in [-0.2, -0.15) is 8.78 Å². The van der Waals surface area contributed by atoms with Crippen molar-refractivity contribution >= 4 is 11.8 Å². The number of ketones is 1. The zero-order valence-electron chi connectivity index (χ0n) is 11.1. The van der Waals surface area contributed by atoms with Crippen LogP contribution in [-0.2, 0) is 9.53 Å². The maximum absolute atomic E-state index is 12.0. The van der Waals surface area contributed by atoms with E-state index >= 15 is 0 Å². The molecule has 0 amide bonds. The highest BCUT2D eigenvalue weighted by atomic mass is 19.3. The summed E-state index contributed by atoms with van der Waals surface area (Å²) < 4.78 is 32.6. The first-order valence-corrected chi connectivity index (χ1v) is 6.18. The van der Waals surface area contributed by atoms with Gasteiger partial charge in [-0.25, -0.2) is 0 Å². The summed E-state index contributed by atoms with van der Waals surface area (Å²) in [7, 11) is 1.32. The van der Waals surface area contributed by atoms with Crippen molar-refractivity contribution in [3.8, 4) is 5.75 Å². The number of hydrogen-bond acceptors (Lipinski definition) is 4. The van der Waals surface area contributed by atoms with Gasteiger partial charge in [-0.05, 0) is 37.1 Å².